The Morgan fingerprint density at radius 2 is 2.24 bits per heavy atom. The molecule has 25 heavy (non-hydrogen) atoms. The summed E-state index contributed by atoms with van der Waals surface area (Å²) in [5.74, 6) is 1.89. The van der Waals surface area contributed by atoms with Crippen molar-refractivity contribution in [2.75, 3.05) is 19.0 Å². The third-order valence-corrected chi connectivity index (χ3v) is 3.93. The van der Waals surface area contributed by atoms with Crippen LogP contribution in [0.3, 0.4) is 0 Å². The van der Waals surface area contributed by atoms with Gasteiger partial charge in [0.1, 0.15) is 17.1 Å². The predicted molar refractivity (Wildman–Crippen MR) is 92.8 cm³/mol. The molecule has 2 aromatic rings. The quantitative estimate of drug-likeness (QED) is 0.924. The van der Waals surface area contributed by atoms with Crippen molar-refractivity contribution < 1.29 is 14.3 Å². The van der Waals surface area contributed by atoms with Crippen LogP contribution < -0.4 is 14.8 Å². The van der Waals surface area contributed by atoms with E-state index >= 15 is 0 Å². The summed E-state index contributed by atoms with van der Waals surface area (Å²) in [5, 5.41) is 11.1. The lowest BCUT2D eigenvalue weighted by Gasteiger charge is -2.29. The highest BCUT2D eigenvalue weighted by molar-refractivity contribution is 5.88. The van der Waals surface area contributed by atoms with Gasteiger partial charge in [0.25, 0.3) is 0 Å². The van der Waals surface area contributed by atoms with Crippen molar-refractivity contribution >= 4 is 11.8 Å². The third-order valence-electron chi connectivity index (χ3n) is 3.93. The van der Waals surface area contributed by atoms with Crippen molar-refractivity contribution in [1.82, 2.24) is 19.9 Å². The van der Waals surface area contributed by atoms with Crippen LogP contribution in [0, 0.1) is 0 Å². The molecule has 1 aliphatic rings. The molecule has 8 heteroatoms. The second-order valence-corrected chi connectivity index (χ2v) is 6.54. The van der Waals surface area contributed by atoms with E-state index in [2.05, 4.69) is 15.5 Å². The van der Waals surface area contributed by atoms with E-state index in [0.29, 0.717) is 25.5 Å². The average Bonchev–Trinajstić information content (AvgIpc) is 2.96. The number of carbonyl (C=O) groups excluding carboxylic acids is 1. The number of carbonyl (C=O) groups is 1. The van der Waals surface area contributed by atoms with Crippen molar-refractivity contribution in [2.45, 2.75) is 39.5 Å². The molecule has 0 unspecified atom stereocenters. The Labute approximate surface area is 146 Å². The molecule has 0 spiro atoms. The average molecular weight is 345 g/mol. The van der Waals surface area contributed by atoms with E-state index in [1.807, 2.05) is 39.0 Å². The van der Waals surface area contributed by atoms with E-state index in [1.165, 1.54) is 4.80 Å². The number of aromatic nitrogens is 3. The molecule has 0 fully saturated rings. The van der Waals surface area contributed by atoms with E-state index in [1.54, 1.807) is 18.2 Å². The molecular weight excluding hydrogens is 322 g/mol. The summed E-state index contributed by atoms with van der Waals surface area (Å²) in [5.41, 5.74) is 0.398. The molecule has 1 aliphatic heterocycles. The predicted octanol–water partition coefficient (Wildman–Crippen LogP) is 2.51. The van der Waals surface area contributed by atoms with Crippen LogP contribution in [0.25, 0.3) is 0 Å². The number of hydrogen-bond acceptors (Lipinski definition) is 5. The van der Waals surface area contributed by atoms with Crippen LogP contribution in [0.4, 0.5) is 10.6 Å². The molecule has 0 saturated heterocycles. The topological polar surface area (TPSA) is 81.5 Å². The van der Waals surface area contributed by atoms with E-state index in [4.69, 9.17) is 9.47 Å². The first-order valence-corrected chi connectivity index (χ1v) is 8.22. The summed E-state index contributed by atoms with van der Waals surface area (Å²) in [6.45, 7) is 7.37. The highest BCUT2D eigenvalue weighted by atomic mass is 16.5. The number of aryl methyl sites for hydroxylation is 1. The summed E-state index contributed by atoms with van der Waals surface area (Å²) in [6, 6.07) is 5.40. The molecular formula is C17H23N5O3. The summed E-state index contributed by atoms with van der Waals surface area (Å²) in [7, 11) is 1.62. The summed E-state index contributed by atoms with van der Waals surface area (Å²) in [4.78, 5) is 15.9. The molecule has 0 saturated carbocycles. The maximum atomic E-state index is 12.7. The summed E-state index contributed by atoms with van der Waals surface area (Å²) < 4.78 is 11.4. The zero-order valence-corrected chi connectivity index (χ0v) is 14.9. The molecule has 1 aromatic heterocycles. The molecule has 8 nitrogen and oxygen atoms in total. The van der Waals surface area contributed by atoms with Crippen LogP contribution in [0.2, 0.25) is 0 Å². The van der Waals surface area contributed by atoms with Crippen LogP contribution in [-0.4, -0.2) is 45.2 Å². The van der Waals surface area contributed by atoms with E-state index in [-0.39, 0.29) is 6.03 Å². The third kappa shape index (κ3) is 3.84. The Morgan fingerprint density at radius 3 is 2.92 bits per heavy atom. The molecule has 1 N–H and O–H groups in total. The SMILES string of the molecule is CCn1ncc(NC(=O)N2Cc3ccc(OC)cc3OC(C)(C)C2)n1. The first kappa shape index (κ1) is 17.1. The van der Waals surface area contributed by atoms with Crippen molar-refractivity contribution in [3.05, 3.63) is 30.0 Å². The molecule has 1 aromatic carbocycles. The van der Waals surface area contributed by atoms with Crippen LogP contribution in [0.1, 0.15) is 26.3 Å². The highest BCUT2D eigenvalue weighted by Gasteiger charge is 2.32. The second kappa shape index (κ2) is 6.62. The molecule has 0 atom stereocenters. The molecule has 0 bridgehead atoms. The number of ether oxygens (including phenoxy) is 2. The van der Waals surface area contributed by atoms with E-state index in [9.17, 15) is 4.79 Å². The first-order valence-electron chi connectivity index (χ1n) is 8.22. The van der Waals surface area contributed by atoms with Gasteiger partial charge in [-0.25, -0.2) is 4.79 Å². The maximum absolute atomic E-state index is 12.7. The van der Waals surface area contributed by atoms with Crippen LogP contribution in [0.5, 0.6) is 11.5 Å². The van der Waals surface area contributed by atoms with Gasteiger partial charge in [0.2, 0.25) is 0 Å². The minimum atomic E-state index is -0.532. The van der Waals surface area contributed by atoms with Crippen molar-refractivity contribution in [3.8, 4) is 11.5 Å². The fraction of sp³-hybridized carbons (Fsp3) is 0.471. The number of nitrogens with one attached hydrogen (secondary N) is 1. The van der Waals surface area contributed by atoms with Gasteiger partial charge in [0.15, 0.2) is 5.82 Å². The number of benzene rings is 1. The van der Waals surface area contributed by atoms with Crippen LogP contribution >= 0.6 is 0 Å². The zero-order valence-electron chi connectivity index (χ0n) is 14.9. The lowest BCUT2D eigenvalue weighted by atomic mass is 10.1. The second-order valence-electron chi connectivity index (χ2n) is 6.54. The minimum absolute atomic E-state index is 0.233. The van der Waals surface area contributed by atoms with Gasteiger partial charge in [0.05, 0.1) is 32.9 Å². The van der Waals surface area contributed by atoms with Crippen molar-refractivity contribution in [2.24, 2.45) is 0 Å². The van der Waals surface area contributed by atoms with Gasteiger partial charge in [-0.05, 0) is 32.9 Å². The van der Waals surface area contributed by atoms with Gasteiger partial charge in [-0.3, -0.25) is 5.32 Å². The number of methoxy groups -OCH3 is 1. The van der Waals surface area contributed by atoms with E-state index in [0.717, 1.165) is 17.1 Å². The Bertz CT molecular complexity index is 771. The number of nitrogens with zero attached hydrogens (tertiary/aromatic N) is 4. The number of urea groups is 1. The van der Waals surface area contributed by atoms with E-state index < -0.39 is 5.60 Å². The monoisotopic (exact) mass is 345 g/mol. The van der Waals surface area contributed by atoms with Crippen LogP contribution in [0.15, 0.2) is 24.4 Å². The van der Waals surface area contributed by atoms with Gasteiger partial charge >= 0.3 is 6.03 Å². The number of fused-ring (bicyclic) bond motifs is 1. The maximum Gasteiger partial charge on any atom is 0.323 e. The fourth-order valence-electron chi connectivity index (χ4n) is 2.78. The summed E-state index contributed by atoms with van der Waals surface area (Å²) in [6.07, 6.45) is 1.54. The molecule has 0 radical (unpaired) electrons. The zero-order chi connectivity index (χ0) is 18.0. The van der Waals surface area contributed by atoms with Gasteiger partial charge in [-0.2, -0.15) is 9.90 Å². The number of amides is 2. The number of anilines is 1. The molecule has 2 amide bonds. The smallest absolute Gasteiger partial charge is 0.323 e. The standard InChI is InChI=1S/C17H23N5O3/c1-5-22-18-9-15(20-22)19-16(23)21-10-12-6-7-13(24-4)8-14(12)25-17(2,3)11-21/h6-9H,5,10-11H2,1-4H3,(H,19,20,23). The molecule has 2 heterocycles. The highest BCUT2D eigenvalue weighted by Crippen LogP contribution is 2.32. The molecule has 3 rings (SSSR count). The summed E-state index contributed by atoms with van der Waals surface area (Å²) >= 11 is 0. The van der Waals surface area contributed by atoms with Gasteiger partial charge < -0.3 is 14.4 Å². The minimum Gasteiger partial charge on any atom is -0.497 e. The largest absolute Gasteiger partial charge is 0.497 e. The van der Waals surface area contributed by atoms with Crippen LogP contribution in [-0.2, 0) is 13.1 Å². The lowest BCUT2D eigenvalue weighted by Crippen LogP contribution is -2.44. The van der Waals surface area contributed by atoms with Gasteiger partial charge in [-0.15, -0.1) is 5.10 Å². The van der Waals surface area contributed by atoms with Gasteiger partial charge in [-0.1, -0.05) is 0 Å². The Morgan fingerprint density at radius 1 is 1.44 bits per heavy atom. The fourth-order valence-corrected chi connectivity index (χ4v) is 2.78. The first-order chi connectivity index (χ1) is 11.9. The normalized spacial score (nSPS) is 15.8. The Hall–Kier alpha value is -2.77. The Kier molecular flexibility index (Phi) is 4.52. The lowest BCUT2D eigenvalue weighted by molar-refractivity contribution is 0.0833. The molecule has 134 valence electrons. The Balaban J connectivity index is 1.81. The van der Waals surface area contributed by atoms with Crippen molar-refractivity contribution in [1.29, 1.82) is 0 Å². The number of hydrogen-bond donors (Lipinski definition) is 1. The van der Waals surface area contributed by atoms with Crippen molar-refractivity contribution in [3.63, 3.8) is 0 Å². The van der Waals surface area contributed by atoms with Gasteiger partial charge in [0, 0.05) is 11.6 Å². The number of rotatable bonds is 3. The molecule has 0 aliphatic carbocycles.